The Hall–Kier alpha value is -2.31. The number of ether oxygens (including phenoxy) is 4. The number of carbonyl (C=O) groups is 1. The molecule has 0 spiro atoms. The lowest BCUT2D eigenvalue weighted by molar-refractivity contribution is -0.359. The van der Waals surface area contributed by atoms with Gasteiger partial charge in [0.15, 0.2) is 12.6 Å². The summed E-state index contributed by atoms with van der Waals surface area (Å²) >= 11 is 0. The van der Waals surface area contributed by atoms with Gasteiger partial charge in [-0.1, -0.05) is 261 Å². The third-order valence-electron chi connectivity index (χ3n) is 16.7. The number of aliphatic hydroxyl groups excluding tert-OH is 8. The molecule has 14 nitrogen and oxygen atoms in total. The zero-order chi connectivity index (χ0) is 60.9. The third-order valence-corrected chi connectivity index (χ3v) is 16.7. The molecule has 12 unspecified atom stereocenters. The fraction of sp³-hybridized carbons (Fsp3) is 0.843. The largest absolute Gasteiger partial charge is 0.394 e. The minimum Gasteiger partial charge on any atom is -0.394 e. The molecular weight excluding hydrogens is 1060 g/mol. The zero-order valence-electron chi connectivity index (χ0n) is 53.1. The predicted molar refractivity (Wildman–Crippen MR) is 341 cm³/mol. The summed E-state index contributed by atoms with van der Waals surface area (Å²) in [5.41, 5.74) is 0. The first kappa shape index (κ1) is 77.8. The van der Waals surface area contributed by atoms with Gasteiger partial charge in [0.1, 0.15) is 48.8 Å². The number of carbonyl (C=O) groups excluding carboxylic acids is 1. The Morgan fingerprint density at radius 3 is 1.26 bits per heavy atom. The smallest absolute Gasteiger partial charge is 0.220 e. The fourth-order valence-electron chi connectivity index (χ4n) is 11.1. The van der Waals surface area contributed by atoms with Crippen molar-refractivity contribution in [2.75, 3.05) is 19.8 Å². The van der Waals surface area contributed by atoms with E-state index in [0.29, 0.717) is 12.8 Å². The van der Waals surface area contributed by atoms with E-state index < -0.39 is 86.8 Å². The van der Waals surface area contributed by atoms with E-state index in [2.05, 4.69) is 67.8 Å². The second kappa shape index (κ2) is 54.8. The second-order valence-electron chi connectivity index (χ2n) is 24.3. The molecule has 490 valence electrons. The van der Waals surface area contributed by atoms with Gasteiger partial charge in [-0.2, -0.15) is 0 Å². The molecule has 2 heterocycles. The Balaban J connectivity index is 1.70. The molecule has 12 atom stereocenters. The molecule has 2 fully saturated rings. The fourth-order valence-corrected chi connectivity index (χ4v) is 11.1. The Labute approximate surface area is 511 Å². The van der Waals surface area contributed by atoms with E-state index in [1.54, 1.807) is 6.08 Å². The van der Waals surface area contributed by atoms with Crippen molar-refractivity contribution in [2.24, 2.45) is 0 Å². The van der Waals surface area contributed by atoms with Crippen molar-refractivity contribution < 1.29 is 64.6 Å². The maximum absolute atomic E-state index is 13.3. The van der Waals surface area contributed by atoms with Gasteiger partial charge in [0.05, 0.1) is 32.0 Å². The minimum absolute atomic E-state index is 0.257. The lowest BCUT2D eigenvalue weighted by Crippen LogP contribution is -2.65. The van der Waals surface area contributed by atoms with Crippen LogP contribution in [0, 0.1) is 0 Å². The molecule has 0 radical (unpaired) electrons. The highest BCUT2D eigenvalue weighted by atomic mass is 16.7. The topological polar surface area (TPSA) is 228 Å². The summed E-state index contributed by atoms with van der Waals surface area (Å²) < 4.78 is 22.8. The van der Waals surface area contributed by atoms with E-state index in [4.69, 9.17) is 18.9 Å². The van der Waals surface area contributed by atoms with Crippen LogP contribution in [0.4, 0.5) is 0 Å². The van der Waals surface area contributed by atoms with Crippen LogP contribution in [0.3, 0.4) is 0 Å². The molecule has 9 N–H and O–H groups in total. The number of hydrogen-bond donors (Lipinski definition) is 9. The number of amides is 1. The molecule has 1 amide bonds. The van der Waals surface area contributed by atoms with Crippen molar-refractivity contribution in [3.05, 3.63) is 60.8 Å². The predicted octanol–water partition coefficient (Wildman–Crippen LogP) is 13.7. The van der Waals surface area contributed by atoms with Gasteiger partial charge in [0.2, 0.25) is 5.91 Å². The summed E-state index contributed by atoms with van der Waals surface area (Å²) in [5.74, 6) is -0.257. The quantitative estimate of drug-likeness (QED) is 0.0204. The van der Waals surface area contributed by atoms with Crippen LogP contribution in [0.1, 0.15) is 284 Å². The van der Waals surface area contributed by atoms with Gasteiger partial charge in [0, 0.05) is 6.42 Å². The van der Waals surface area contributed by atoms with Crippen molar-refractivity contribution in [1.82, 2.24) is 5.32 Å². The number of nitrogens with one attached hydrogen (secondary N) is 1. The number of allylic oxidation sites excluding steroid dienone is 9. The highest BCUT2D eigenvalue weighted by molar-refractivity contribution is 5.76. The molecule has 14 heteroatoms. The van der Waals surface area contributed by atoms with Crippen LogP contribution in [-0.2, 0) is 23.7 Å². The Morgan fingerprint density at radius 2 is 0.798 bits per heavy atom. The van der Waals surface area contributed by atoms with Gasteiger partial charge in [-0.05, 0) is 77.0 Å². The van der Waals surface area contributed by atoms with Crippen LogP contribution >= 0.6 is 0 Å². The first-order chi connectivity index (χ1) is 41.1. The Bertz CT molecular complexity index is 1640. The molecule has 2 aliphatic heterocycles. The summed E-state index contributed by atoms with van der Waals surface area (Å²) in [6, 6.07) is -0.944. The van der Waals surface area contributed by atoms with Gasteiger partial charge in [-0.15, -0.1) is 0 Å². The Morgan fingerprint density at radius 1 is 0.429 bits per heavy atom. The summed E-state index contributed by atoms with van der Waals surface area (Å²) in [4.78, 5) is 13.3. The minimum atomic E-state index is -1.80. The molecule has 0 aromatic rings. The first-order valence-corrected chi connectivity index (χ1v) is 34.5. The van der Waals surface area contributed by atoms with Gasteiger partial charge in [0.25, 0.3) is 0 Å². The maximum Gasteiger partial charge on any atom is 0.220 e. The van der Waals surface area contributed by atoms with E-state index in [9.17, 15) is 45.6 Å². The van der Waals surface area contributed by atoms with Crippen LogP contribution in [0.25, 0.3) is 0 Å². The van der Waals surface area contributed by atoms with Gasteiger partial charge in [-0.25, -0.2) is 0 Å². The van der Waals surface area contributed by atoms with E-state index >= 15 is 0 Å². The van der Waals surface area contributed by atoms with Crippen LogP contribution in [-0.4, -0.2) is 140 Å². The van der Waals surface area contributed by atoms with Crippen molar-refractivity contribution in [2.45, 2.75) is 357 Å². The molecule has 84 heavy (non-hydrogen) atoms. The third kappa shape index (κ3) is 38.9. The van der Waals surface area contributed by atoms with Crippen LogP contribution < -0.4 is 5.32 Å². The molecule has 0 aromatic carbocycles. The van der Waals surface area contributed by atoms with Crippen molar-refractivity contribution in [3.8, 4) is 0 Å². The molecule has 0 saturated carbocycles. The number of hydrogen-bond acceptors (Lipinski definition) is 13. The first-order valence-electron chi connectivity index (χ1n) is 34.5. The lowest BCUT2D eigenvalue weighted by atomic mass is 9.97. The number of rotatable bonds is 56. The molecule has 2 rings (SSSR count). The summed E-state index contributed by atoms with van der Waals surface area (Å²) in [5, 5.41) is 87.3. The summed E-state index contributed by atoms with van der Waals surface area (Å²) in [7, 11) is 0. The maximum atomic E-state index is 13.3. The molecule has 0 aliphatic carbocycles. The van der Waals surface area contributed by atoms with Crippen LogP contribution in [0.15, 0.2) is 60.8 Å². The SMILES string of the molecule is CCCCC/C=C\C/C=C\CCCCCCCCCCCC(=O)NC(COC1OC(CO)C(OC2OC(CO)C(O)C(O)C2O)C(O)C1O)C(O)/C=C/CC/C=C/CC/C=C/CCCCCCCCCCCCCCCCCCCCCCC. The van der Waals surface area contributed by atoms with E-state index in [1.165, 1.54) is 193 Å². The molecule has 0 bridgehead atoms. The van der Waals surface area contributed by atoms with E-state index in [1.807, 2.05) is 6.08 Å². The normalized spacial score (nSPS) is 24.0. The van der Waals surface area contributed by atoms with Crippen LogP contribution in [0.2, 0.25) is 0 Å². The summed E-state index contributed by atoms with van der Waals surface area (Å²) in [6.45, 7) is 2.77. The highest BCUT2D eigenvalue weighted by Crippen LogP contribution is 2.30. The second-order valence-corrected chi connectivity index (χ2v) is 24.3. The van der Waals surface area contributed by atoms with Crippen LogP contribution in [0.5, 0.6) is 0 Å². The standard InChI is InChI=1S/C70H127NO13/c1-3-5-7-9-11-13-15-17-19-21-23-24-25-26-27-28-29-30-31-32-33-34-36-37-39-41-43-45-47-49-51-53-59(74)58(71-62(75)54-52-50-48-46-44-42-40-38-35-22-20-18-16-14-12-10-8-6-4-2)57-81-69-67(80)65(78)68(61(56-73)83-69)84-70-66(79)64(77)63(76)60(55-72)82-70/h12,14,18,20,36-37,43,45,51,53,58-61,63-70,72-74,76-80H,3-11,13,15-17,19,21-35,38-42,44,46-50,52,54-57H2,1-2H3,(H,71,75)/b14-12-,20-18-,37-36+,45-43+,53-51+. The molecule has 2 saturated heterocycles. The molecule has 0 aromatic heterocycles. The summed E-state index contributed by atoms with van der Waals surface area (Å²) in [6.07, 6.45) is 55.7. The lowest BCUT2D eigenvalue weighted by Gasteiger charge is -2.46. The monoisotopic (exact) mass is 1190 g/mol. The van der Waals surface area contributed by atoms with E-state index in [-0.39, 0.29) is 18.9 Å². The van der Waals surface area contributed by atoms with Gasteiger partial charge < -0.3 is 65.1 Å². The highest BCUT2D eigenvalue weighted by Gasteiger charge is 2.51. The zero-order valence-corrected chi connectivity index (χ0v) is 53.1. The average Bonchev–Trinajstić information content (AvgIpc) is 3.62. The van der Waals surface area contributed by atoms with Gasteiger partial charge >= 0.3 is 0 Å². The molecular formula is C70H127NO13. The Kier molecular flexibility index (Phi) is 50.8. The number of aliphatic hydroxyl groups is 8. The van der Waals surface area contributed by atoms with Crippen molar-refractivity contribution in [3.63, 3.8) is 0 Å². The molecule has 2 aliphatic rings. The van der Waals surface area contributed by atoms with Crippen molar-refractivity contribution >= 4 is 5.91 Å². The average molecular weight is 1190 g/mol. The number of unbranched alkanes of at least 4 members (excludes halogenated alkanes) is 35. The van der Waals surface area contributed by atoms with Gasteiger partial charge in [-0.3, -0.25) is 4.79 Å². The van der Waals surface area contributed by atoms with Crippen molar-refractivity contribution in [1.29, 1.82) is 0 Å². The van der Waals surface area contributed by atoms with E-state index in [0.717, 1.165) is 57.8 Å².